The Bertz CT molecular complexity index is 961. The van der Waals surface area contributed by atoms with Crippen LogP contribution in [0.5, 0.6) is 0 Å². The van der Waals surface area contributed by atoms with E-state index in [-0.39, 0.29) is 23.4 Å². The smallest absolute Gasteiger partial charge is 0.255 e. The van der Waals surface area contributed by atoms with Gasteiger partial charge in [0.2, 0.25) is 16.0 Å². The molecule has 0 radical (unpaired) electrons. The maximum Gasteiger partial charge on any atom is 0.255 e. The lowest BCUT2D eigenvalue weighted by Crippen LogP contribution is -2.33. The Hall–Kier alpha value is -2.26. The molecule has 2 aromatic heterocycles. The molecule has 2 aromatic rings. The number of aromatic nitrogens is 3. The van der Waals surface area contributed by atoms with Crippen molar-refractivity contribution in [3.05, 3.63) is 40.9 Å². The monoisotopic (exact) mass is 361 g/mol. The van der Waals surface area contributed by atoms with Crippen molar-refractivity contribution >= 4 is 16.0 Å². The molecule has 3 heterocycles. The van der Waals surface area contributed by atoms with E-state index in [4.69, 9.17) is 0 Å². The van der Waals surface area contributed by atoms with Crippen molar-refractivity contribution in [2.24, 2.45) is 18.9 Å². The number of anilines is 1. The zero-order valence-electron chi connectivity index (χ0n) is 14.0. The molecular formula is C16H19N5O3S. The van der Waals surface area contributed by atoms with Gasteiger partial charge in [-0.1, -0.05) is 0 Å². The van der Waals surface area contributed by atoms with Crippen molar-refractivity contribution in [3.63, 3.8) is 0 Å². The number of rotatable bonds is 4. The first kappa shape index (κ1) is 16.2. The first-order valence-electron chi connectivity index (χ1n) is 8.05. The highest BCUT2D eigenvalue weighted by Crippen LogP contribution is 2.47. The molecule has 25 heavy (non-hydrogen) atoms. The van der Waals surface area contributed by atoms with Gasteiger partial charge in [0.05, 0.1) is 11.9 Å². The van der Waals surface area contributed by atoms with E-state index in [9.17, 15) is 13.2 Å². The van der Waals surface area contributed by atoms with Crippen molar-refractivity contribution < 1.29 is 8.42 Å². The van der Waals surface area contributed by atoms with Crippen LogP contribution >= 0.6 is 0 Å². The third kappa shape index (κ3) is 2.93. The van der Waals surface area contributed by atoms with Crippen molar-refractivity contribution in [2.45, 2.75) is 6.04 Å². The van der Waals surface area contributed by atoms with E-state index in [1.165, 1.54) is 21.2 Å². The molecule has 2 aliphatic rings. The van der Waals surface area contributed by atoms with Crippen LogP contribution in [0.2, 0.25) is 0 Å². The maximum absolute atomic E-state index is 12.2. The van der Waals surface area contributed by atoms with Crippen LogP contribution < -0.4 is 10.9 Å². The predicted octanol–water partition coefficient (Wildman–Crippen LogP) is 0.144. The lowest BCUT2D eigenvalue weighted by atomic mass is 10.2. The van der Waals surface area contributed by atoms with E-state index in [2.05, 4.69) is 15.3 Å². The van der Waals surface area contributed by atoms with Crippen LogP contribution in [0.1, 0.15) is 0 Å². The van der Waals surface area contributed by atoms with Gasteiger partial charge >= 0.3 is 0 Å². The average molecular weight is 361 g/mol. The molecule has 1 saturated carbocycles. The number of hydrogen-bond acceptors (Lipinski definition) is 6. The zero-order valence-corrected chi connectivity index (χ0v) is 14.8. The first-order chi connectivity index (χ1) is 11.8. The van der Waals surface area contributed by atoms with Crippen LogP contribution in [-0.4, -0.2) is 52.6 Å². The van der Waals surface area contributed by atoms with Crippen molar-refractivity contribution in [1.82, 2.24) is 18.8 Å². The molecule has 132 valence electrons. The van der Waals surface area contributed by atoms with Gasteiger partial charge in [-0.2, -0.15) is 0 Å². The van der Waals surface area contributed by atoms with Crippen LogP contribution in [0, 0.1) is 11.8 Å². The summed E-state index contributed by atoms with van der Waals surface area (Å²) in [5, 5.41) is 3.32. The SMILES string of the molecule is Cn1c(N[C@H]2[C@@H]3CN(S(C)(=O)=O)C[C@@H]32)nc(-c2ccncc2)cc1=O. The Morgan fingerprint density at radius 3 is 2.44 bits per heavy atom. The molecule has 1 N–H and O–H groups in total. The van der Waals surface area contributed by atoms with E-state index in [1.807, 2.05) is 0 Å². The second-order valence-corrected chi connectivity index (χ2v) is 8.66. The summed E-state index contributed by atoms with van der Waals surface area (Å²) >= 11 is 0. The Balaban J connectivity index is 1.55. The van der Waals surface area contributed by atoms with Gasteiger partial charge in [-0.3, -0.25) is 14.3 Å². The van der Waals surface area contributed by atoms with Crippen molar-refractivity contribution in [2.75, 3.05) is 24.7 Å². The summed E-state index contributed by atoms with van der Waals surface area (Å²) < 4.78 is 26.2. The van der Waals surface area contributed by atoms with Crippen LogP contribution in [0.25, 0.3) is 11.3 Å². The van der Waals surface area contributed by atoms with Crippen LogP contribution in [-0.2, 0) is 17.1 Å². The van der Waals surface area contributed by atoms with E-state index in [0.717, 1.165) is 5.56 Å². The molecule has 0 spiro atoms. The Morgan fingerprint density at radius 1 is 1.20 bits per heavy atom. The number of piperidine rings is 1. The van der Waals surface area contributed by atoms with Gasteiger partial charge in [0.15, 0.2) is 0 Å². The average Bonchev–Trinajstić information content (AvgIpc) is 3.01. The normalized spacial score (nSPS) is 25.6. The summed E-state index contributed by atoms with van der Waals surface area (Å²) in [6, 6.07) is 5.27. The number of pyridine rings is 1. The van der Waals surface area contributed by atoms with Gasteiger partial charge in [0.25, 0.3) is 5.56 Å². The van der Waals surface area contributed by atoms with E-state index < -0.39 is 10.0 Å². The Kier molecular flexibility index (Phi) is 3.66. The van der Waals surface area contributed by atoms with E-state index >= 15 is 0 Å². The summed E-state index contributed by atoms with van der Waals surface area (Å²) in [7, 11) is -1.45. The summed E-state index contributed by atoms with van der Waals surface area (Å²) in [4.78, 5) is 20.8. The van der Waals surface area contributed by atoms with Crippen LogP contribution in [0.15, 0.2) is 35.4 Å². The Morgan fingerprint density at radius 2 is 1.84 bits per heavy atom. The standard InChI is InChI=1S/C16H19N5O3S/c1-20-14(22)7-13(10-3-5-17-6-4-10)18-16(20)19-15-11-8-21(9-12(11)15)25(2,23)24/h3-7,11-12,15H,8-9H2,1-2H3,(H,18,19)/t11-,12+,15+. The number of hydrogen-bond donors (Lipinski definition) is 1. The molecule has 1 aliphatic carbocycles. The van der Waals surface area contributed by atoms with Crippen molar-refractivity contribution in [1.29, 1.82) is 0 Å². The minimum Gasteiger partial charge on any atom is -0.352 e. The molecular weight excluding hydrogens is 342 g/mol. The van der Waals surface area contributed by atoms with Gasteiger partial charge < -0.3 is 5.32 Å². The summed E-state index contributed by atoms with van der Waals surface area (Å²) in [5.74, 6) is 1.05. The van der Waals surface area contributed by atoms with Gasteiger partial charge in [0, 0.05) is 50.2 Å². The van der Waals surface area contributed by atoms with Crippen molar-refractivity contribution in [3.8, 4) is 11.3 Å². The number of nitrogens with zero attached hydrogens (tertiary/aromatic N) is 4. The second-order valence-electron chi connectivity index (χ2n) is 6.68. The number of nitrogens with one attached hydrogen (secondary N) is 1. The molecule has 0 bridgehead atoms. The number of sulfonamides is 1. The van der Waals surface area contributed by atoms with Gasteiger partial charge in [-0.15, -0.1) is 0 Å². The van der Waals surface area contributed by atoms with Crippen LogP contribution in [0.3, 0.4) is 0 Å². The van der Waals surface area contributed by atoms with Gasteiger partial charge in [-0.05, 0) is 24.0 Å². The highest BCUT2D eigenvalue weighted by atomic mass is 32.2. The minimum absolute atomic E-state index is 0.145. The molecule has 4 rings (SSSR count). The van der Waals surface area contributed by atoms with E-state index in [1.54, 1.807) is 31.6 Å². The summed E-state index contributed by atoms with van der Waals surface area (Å²) in [6.07, 6.45) is 4.56. The molecule has 3 atom stereocenters. The first-order valence-corrected chi connectivity index (χ1v) is 9.89. The highest BCUT2D eigenvalue weighted by molar-refractivity contribution is 7.88. The molecule has 8 nitrogen and oxygen atoms in total. The fourth-order valence-electron chi connectivity index (χ4n) is 3.46. The minimum atomic E-state index is -3.13. The third-order valence-corrected chi connectivity index (χ3v) is 6.27. The molecule has 0 amide bonds. The maximum atomic E-state index is 12.2. The lowest BCUT2D eigenvalue weighted by molar-refractivity contribution is 0.440. The molecule has 9 heteroatoms. The molecule has 1 aliphatic heterocycles. The molecule has 0 aromatic carbocycles. The summed E-state index contributed by atoms with van der Waals surface area (Å²) in [6.45, 7) is 1.05. The lowest BCUT2D eigenvalue weighted by Gasteiger charge is -2.18. The van der Waals surface area contributed by atoms with Gasteiger partial charge in [-0.25, -0.2) is 17.7 Å². The third-order valence-electron chi connectivity index (χ3n) is 5.04. The molecule has 2 fully saturated rings. The fourth-order valence-corrected chi connectivity index (χ4v) is 4.35. The molecule has 1 saturated heterocycles. The largest absolute Gasteiger partial charge is 0.352 e. The van der Waals surface area contributed by atoms with Gasteiger partial charge in [0.1, 0.15) is 0 Å². The van der Waals surface area contributed by atoms with E-state index in [0.29, 0.717) is 24.7 Å². The Labute approximate surface area is 145 Å². The number of fused-ring (bicyclic) bond motifs is 1. The topological polar surface area (TPSA) is 97.2 Å². The molecule has 0 unspecified atom stereocenters. The summed E-state index contributed by atoms with van der Waals surface area (Å²) in [5.41, 5.74) is 1.28. The highest BCUT2D eigenvalue weighted by Gasteiger charge is 2.57. The fraction of sp³-hybridized carbons (Fsp3) is 0.438. The second kappa shape index (κ2) is 5.63. The zero-order chi connectivity index (χ0) is 17.8. The predicted molar refractivity (Wildman–Crippen MR) is 93.5 cm³/mol. The van der Waals surface area contributed by atoms with Crippen LogP contribution in [0.4, 0.5) is 5.95 Å². The quantitative estimate of drug-likeness (QED) is 0.832.